The van der Waals surface area contributed by atoms with Gasteiger partial charge in [-0.15, -0.1) is 0 Å². The van der Waals surface area contributed by atoms with Crippen LogP contribution in [0.2, 0.25) is 0 Å². The summed E-state index contributed by atoms with van der Waals surface area (Å²) in [5.41, 5.74) is 0.925. The molecule has 0 saturated heterocycles. The monoisotopic (exact) mass is 444 g/mol. The molecule has 0 aliphatic carbocycles. The van der Waals surface area contributed by atoms with E-state index in [1.807, 2.05) is 91.0 Å². The van der Waals surface area contributed by atoms with Gasteiger partial charge in [-0.2, -0.15) is 0 Å². The Labute approximate surface area is 150 Å². The summed E-state index contributed by atoms with van der Waals surface area (Å²) in [5, 5.41) is 0. The zero-order chi connectivity index (χ0) is 16.8. The van der Waals surface area contributed by atoms with Gasteiger partial charge >= 0.3 is 151 Å². The fourth-order valence-electron chi connectivity index (χ4n) is 2.55. The van der Waals surface area contributed by atoms with Crippen molar-refractivity contribution in [3.05, 3.63) is 96.6 Å². The van der Waals surface area contributed by atoms with Crippen LogP contribution >= 0.6 is 8.92 Å². The minimum absolute atomic E-state index is 0.228. The first-order valence-electron chi connectivity index (χ1n) is 7.74. The predicted molar refractivity (Wildman–Crippen MR) is 100.0 cm³/mol. The second-order valence-electron chi connectivity index (χ2n) is 5.46. The molecule has 0 N–H and O–H groups in total. The molecule has 0 amide bonds. The average Bonchev–Trinajstić information content (AvgIpc) is 2.64. The normalized spacial score (nSPS) is 11.0. The molecule has 0 bridgehead atoms. The second kappa shape index (κ2) is 7.86. The molecule has 3 aromatic carbocycles. The Morgan fingerprint density at radius 3 is 1.62 bits per heavy atom. The zero-order valence-corrected chi connectivity index (χ0v) is 16.7. The Morgan fingerprint density at radius 2 is 1.17 bits per heavy atom. The molecule has 4 heteroatoms. The number of benzene rings is 3. The van der Waals surface area contributed by atoms with Gasteiger partial charge in [-0.3, -0.25) is 0 Å². The third-order valence-electron chi connectivity index (χ3n) is 3.74. The molecule has 0 saturated carbocycles. The van der Waals surface area contributed by atoms with Crippen molar-refractivity contribution in [2.75, 3.05) is 0 Å². The van der Waals surface area contributed by atoms with Gasteiger partial charge in [-0.1, -0.05) is 0 Å². The van der Waals surface area contributed by atoms with Crippen LogP contribution in [0, 0.1) is 0 Å². The van der Waals surface area contributed by atoms with Gasteiger partial charge in [0.05, 0.1) is 0 Å². The van der Waals surface area contributed by atoms with Crippen LogP contribution in [0.5, 0.6) is 0 Å². The summed E-state index contributed by atoms with van der Waals surface area (Å²) in [6.45, 7) is 0. The maximum absolute atomic E-state index is 12.5. The van der Waals surface area contributed by atoms with Gasteiger partial charge in [0.15, 0.2) is 0 Å². The summed E-state index contributed by atoms with van der Waals surface area (Å²) in [5.74, 6) is -0.278. The Morgan fingerprint density at radius 1 is 0.750 bits per heavy atom. The van der Waals surface area contributed by atoms with Crippen LogP contribution < -0.4 is 7.16 Å². The van der Waals surface area contributed by atoms with Crippen molar-refractivity contribution in [3.63, 3.8) is 0 Å². The second-order valence-corrected chi connectivity index (χ2v) is 16.3. The first kappa shape index (κ1) is 17.1. The molecule has 0 fully saturated rings. The summed E-state index contributed by atoms with van der Waals surface area (Å²) < 4.78 is 7.81. The van der Waals surface area contributed by atoms with Crippen LogP contribution in [0.1, 0.15) is 5.56 Å². The average molecular weight is 444 g/mol. The predicted octanol–water partition coefficient (Wildman–Crippen LogP) is 3.27. The topological polar surface area (TPSA) is 26.3 Å². The maximum atomic E-state index is 12.5. The van der Waals surface area contributed by atoms with Gasteiger partial charge in [-0.05, 0) is 0 Å². The van der Waals surface area contributed by atoms with Crippen LogP contribution in [-0.4, -0.2) is 23.6 Å². The van der Waals surface area contributed by atoms with Crippen molar-refractivity contribution in [2.45, 2.75) is 6.42 Å². The quantitative estimate of drug-likeness (QED) is 0.566. The van der Waals surface area contributed by atoms with Crippen molar-refractivity contribution in [1.29, 1.82) is 0 Å². The van der Waals surface area contributed by atoms with E-state index in [0.29, 0.717) is 0 Å². The molecule has 0 spiro atoms. The Kier molecular flexibility index (Phi) is 5.59. The summed E-state index contributed by atoms with van der Waals surface area (Å²) >= 11 is -4.00. The zero-order valence-electron chi connectivity index (χ0n) is 13.1. The van der Waals surface area contributed by atoms with Crippen molar-refractivity contribution in [3.8, 4) is 0 Å². The third kappa shape index (κ3) is 4.00. The number of carbonyl (C=O) groups excluding carboxylic acids is 1. The summed E-state index contributed by atoms with van der Waals surface area (Å²) in [7, 11) is 7.02. The van der Waals surface area contributed by atoms with Gasteiger partial charge in [-0.25, -0.2) is 0 Å². The molecule has 0 unspecified atom stereocenters. The number of rotatable bonds is 5. The van der Waals surface area contributed by atoms with Crippen LogP contribution in [0.4, 0.5) is 0 Å². The molecule has 0 aliphatic rings. The van der Waals surface area contributed by atoms with E-state index in [0.717, 1.165) is 12.7 Å². The minimum atomic E-state index is -4.00. The number of carbonyl (C=O) groups is 1. The summed E-state index contributed by atoms with van der Waals surface area (Å²) in [4.78, 5) is 12.5. The molecule has 3 rings (SSSR count). The summed E-state index contributed by atoms with van der Waals surface area (Å²) in [6.07, 6.45) is 0.228. The van der Waals surface area contributed by atoms with Gasteiger partial charge in [0.1, 0.15) is 0 Å². The van der Waals surface area contributed by atoms with E-state index in [2.05, 4.69) is 0 Å². The Hall–Kier alpha value is -1.78. The van der Waals surface area contributed by atoms with Crippen molar-refractivity contribution >= 4 is 39.7 Å². The van der Waals surface area contributed by atoms with E-state index < -0.39 is 17.7 Å². The first-order valence-corrected chi connectivity index (χ1v) is 15.4. The molecule has 2 nitrogen and oxygen atoms in total. The molecule has 3 aromatic rings. The molecule has 0 aliphatic heterocycles. The van der Waals surface area contributed by atoms with Crippen molar-refractivity contribution in [2.24, 2.45) is 0 Å². The molecule has 0 radical (unpaired) electrons. The van der Waals surface area contributed by atoms with Crippen molar-refractivity contribution in [1.82, 2.24) is 0 Å². The van der Waals surface area contributed by atoms with Crippen molar-refractivity contribution < 1.29 is 7.87 Å². The summed E-state index contributed by atoms with van der Waals surface area (Å²) in [6, 6.07) is 29.0. The molecule has 0 atom stereocenters. The molecular formula is C20H17ClO2Sn. The van der Waals surface area contributed by atoms with E-state index in [-0.39, 0.29) is 12.4 Å². The molecular weight excluding hydrogens is 426 g/mol. The SMILES string of the molecule is O=C(Cc1ccccc1)[O][Sn]([Cl])([c]1ccccc1)[c]1ccccc1. The van der Waals surface area contributed by atoms with Crippen LogP contribution in [-0.2, 0) is 14.3 Å². The standard InChI is InChI=1S/C8H8O2.2C6H5.ClH.Sn/c9-8(10)6-7-4-2-1-3-5-7;2*1-2-4-6-5-3-1;;/h1-5H,6H2,(H,9,10);2*1-5H;1H;/q;;;;+2/p-2. The fraction of sp³-hybridized carbons (Fsp3) is 0.0500. The fourth-order valence-corrected chi connectivity index (χ4v) is 11.1. The van der Waals surface area contributed by atoms with E-state index in [1.165, 1.54) is 0 Å². The van der Waals surface area contributed by atoms with E-state index in [1.54, 1.807) is 0 Å². The first-order chi connectivity index (χ1) is 11.7. The Balaban J connectivity index is 1.90. The molecule has 0 heterocycles. The number of halogens is 1. The van der Waals surface area contributed by atoms with Crippen LogP contribution in [0.15, 0.2) is 91.0 Å². The molecule has 24 heavy (non-hydrogen) atoms. The third-order valence-corrected chi connectivity index (χ3v) is 14.8. The Bertz CT molecular complexity index is 752. The van der Waals surface area contributed by atoms with Gasteiger partial charge in [0.2, 0.25) is 0 Å². The van der Waals surface area contributed by atoms with Gasteiger partial charge in [0, 0.05) is 0 Å². The van der Waals surface area contributed by atoms with Crippen LogP contribution in [0.25, 0.3) is 0 Å². The van der Waals surface area contributed by atoms with Gasteiger partial charge in [0.25, 0.3) is 0 Å². The van der Waals surface area contributed by atoms with E-state index in [9.17, 15) is 4.79 Å². The van der Waals surface area contributed by atoms with Crippen LogP contribution in [0.3, 0.4) is 0 Å². The van der Waals surface area contributed by atoms with E-state index in [4.69, 9.17) is 12.0 Å². The molecule has 120 valence electrons. The number of hydrogen-bond acceptors (Lipinski definition) is 2. The number of hydrogen-bond donors (Lipinski definition) is 0. The van der Waals surface area contributed by atoms with E-state index >= 15 is 0 Å². The molecule has 0 aromatic heterocycles. The van der Waals surface area contributed by atoms with Gasteiger partial charge < -0.3 is 0 Å².